The number of benzene rings is 1. The molecular formula is C14H20N2O. The summed E-state index contributed by atoms with van der Waals surface area (Å²) in [4.78, 5) is 11.8. The Balaban J connectivity index is 1.81. The maximum atomic E-state index is 11.8. The summed E-state index contributed by atoms with van der Waals surface area (Å²) in [5, 5.41) is 2.97. The Labute approximate surface area is 102 Å². The van der Waals surface area contributed by atoms with Crippen LogP contribution >= 0.6 is 0 Å². The van der Waals surface area contributed by atoms with Crippen LogP contribution in [0.2, 0.25) is 0 Å². The molecule has 0 unspecified atom stereocenters. The third-order valence-corrected chi connectivity index (χ3v) is 3.49. The molecule has 1 saturated carbocycles. The van der Waals surface area contributed by atoms with Crippen molar-refractivity contribution >= 4 is 5.91 Å². The Morgan fingerprint density at radius 2 is 2.24 bits per heavy atom. The van der Waals surface area contributed by atoms with Crippen molar-refractivity contribution in [3.8, 4) is 0 Å². The van der Waals surface area contributed by atoms with E-state index in [1.807, 2.05) is 24.3 Å². The van der Waals surface area contributed by atoms with Crippen molar-refractivity contribution in [2.75, 3.05) is 6.54 Å². The number of nitrogens with two attached hydrogens (primary N) is 1. The maximum Gasteiger partial charge on any atom is 0.251 e. The van der Waals surface area contributed by atoms with Crippen LogP contribution in [0.15, 0.2) is 24.3 Å². The van der Waals surface area contributed by atoms with E-state index in [0.29, 0.717) is 12.1 Å². The zero-order chi connectivity index (χ0) is 12.1. The fourth-order valence-corrected chi connectivity index (χ4v) is 2.11. The second kappa shape index (κ2) is 5.82. The summed E-state index contributed by atoms with van der Waals surface area (Å²) in [5.41, 5.74) is 7.26. The molecule has 92 valence electrons. The molecule has 1 aromatic rings. The molecule has 1 aliphatic rings. The molecule has 1 aliphatic carbocycles. The van der Waals surface area contributed by atoms with Gasteiger partial charge in [0.25, 0.3) is 5.91 Å². The molecule has 0 radical (unpaired) electrons. The van der Waals surface area contributed by atoms with Gasteiger partial charge in [-0.15, -0.1) is 0 Å². The molecule has 0 saturated heterocycles. The molecule has 1 amide bonds. The normalized spacial score (nSPS) is 15.4. The molecule has 0 aromatic heterocycles. The summed E-state index contributed by atoms with van der Waals surface area (Å²) in [5.74, 6) is 0.852. The lowest BCUT2D eigenvalue weighted by Crippen LogP contribution is -2.27. The van der Waals surface area contributed by atoms with Crippen LogP contribution in [0.1, 0.15) is 41.6 Å². The fourth-order valence-electron chi connectivity index (χ4n) is 2.11. The molecule has 1 fully saturated rings. The predicted octanol–water partition coefficient (Wildman–Crippen LogP) is 2.07. The summed E-state index contributed by atoms with van der Waals surface area (Å²) in [6.45, 7) is 1.26. The number of hydrogen-bond acceptors (Lipinski definition) is 2. The average molecular weight is 232 g/mol. The average Bonchev–Trinajstić information content (AvgIpc) is 2.32. The van der Waals surface area contributed by atoms with Crippen LogP contribution in [0.4, 0.5) is 0 Å². The lowest BCUT2D eigenvalue weighted by Gasteiger charge is -2.25. The summed E-state index contributed by atoms with van der Waals surface area (Å²) >= 11 is 0. The molecule has 0 spiro atoms. The molecule has 2 rings (SSSR count). The second-order valence-corrected chi connectivity index (χ2v) is 4.75. The van der Waals surface area contributed by atoms with Gasteiger partial charge in [0.15, 0.2) is 0 Å². The standard InChI is InChI=1S/C14H20N2O/c15-10-12-5-2-6-13(9-12)14(17)16-8-7-11-3-1-4-11/h2,5-6,9,11H,1,3-4,7-8,10,15H2,(H,16,17). The fraction of sp³-hybridized carbons (Fsp3) is 0.500. The molecule has 3 nitrogen and oxygen atoms in total. The Kier molecular flexibility index (Phi) is 4.15. The van der Waals surface area contributed by atoms with E-state index in [4.69, 9.17) is 5.73 Å². The quantitative estimate of drug-likeness (QED) is 0.816. The number of nitrogens with one attached hydrogen (secondary N) is 1. The maximum absolute atomic E-state index is 11.8. The van der Waals surface area contributed by atoms with Crippen LogP contribution in [0.5, 0.6) is 0 Å². The van der Waals surface area contributed by atoms with Crippen LogP contribution in [-0.4, -0.2) is 12.5 Å². The van der Waals surface area contributed by atoms with Crippen LogP contribution < -0.4 is 11.1 Å². The molecule has 0 bridgehead atoms. The molecule has 17 heavy (non-hydrogen) atoms. The van der Waals surface area contributed by atoms with E-state index in [9.17, 15) is 4.79 Å². The molecule has 0 atom stereocenters. The molecular weight excluding hydrogens is 212 g/mol. The molecule has 3 N–H and O–H groups in total. The lowest BCUT2D eigenvalue weighted by molar-refractivity contribution is 0.0949. The van der Waals surface area contributed by atoms with Crippen molar-refractivity contribution in [3.05, 3.63) is 35.4 Å². The summed E-state index contributed by atoms with van der Waals surface area (Å²) in [6, 6.07) is 7.50. The number of amides is 1. The van der Waals surface area contributed by atoms with Gasteiger partial charge in [-0.1, -0.05) is 31.4 Å². The highest BCUT2D eigenvalue weighted by Gasteiger charge is 2.17. The Morgan fingerprint density at radius 3 is 2.88 bits per heavy atom. The van der Waals surface area contributed by atoms with Gasteiger partial charge in [-0.2, -0.15) is 0 Å². The Hall–Kier alpha value is -1.35. The zero-order valence-corrected chi connectivity index (χ0v) is 10.1. The topological polar surface area (TPSA) is 55.1 Å². The van der Waals surface area contributed by atoms with E-state index in [1.165, 1.54) is 19.3 Å². The highest BCUT2D eigenvalue weighted by Crippen LogP contribution is 2.28. The van der Waals surface area contributed by atoms with Gasteiger partial charge in [-0.05, 0) is 30.0 Å². The zero-order valence-electron chi connectivity index (χ0n) is 10.1. The van der Waals surface area contributed by atoms with E-state index in [2.05, 4.69) is 5.32 Å². The highest BCUT2D eigenvalue weighted by atomic mass is 16.1. The first kappa shape index (κ1) is 12.1. The number of rotatable bonds is 5. The van der Waals surface area contributed by atoms with Gasteiger partial charge >= 0.3 is 0 Å². The van der Waals surface area contributed by atoms with Crippen LogP contribution in [0.25, 0.3) is 0 Å². The van der Waals surface area contributed by atoms with E-state index in [1.54, 1.807) is 0 Å². The summed E-state index contributed by atoms with van der Waals surface area (Å²) in [6.07, 6.45) is 5.14. The number of hydrogen-bond donors (Lipinski definition) is 2. The van der Waals surface area contributed by atoms with Gasteiger partial charge < -0.3 is 11.1 Å². The van der Waals surface area contributed by atoms with Crippen LogP contribution in [0, 0.1) is 5.92 Å². The molecule has 1 aromatic carbocycles. The second-order valence-electron chi connectivity index (χ2n) is 4.75. The van der Waals surface area contributed by atoms with Gasteiger partial charge in [0.2, 0.25) is 0 Å². The minimum Gasteiger partial charge on any atom is -0.352 e. The predicted molar refractivity (Wildman–Crippen MR) is 68.6 cm³/mol. The van der Waals surface area contributed by atoms with Gasteiger partial charge in [0, 0.05) is 18.7 Å². The highest BCUT2D eigenvalue weighted by molar-refractivity contribution is 5.94. The molecule has 3 heteroatoms. The van der Waals surface area contributed by atoms with Crippen molar-refractivity contribution in [1.29, 1.82) is 0 Å². The first-order valence-electron chi connectivity index (χ1n) is 6.37. The monoisotopic (exact) mass is 232 g/mol. The third-order valence-electron chi connectivity index (χ3n) is 3.49. The summed E-state index contributed by atoms with van der Waals surface area (Å²) < 4.78 is 0. The molecule has 0 aliphatic heterocycles. The van der Waals surface area contributed by atoms with Gasteiger partial charge in [0.1, 0.15) is 0 Å². The minimum absolute atomic E-state index is 0.0135. The van der Waals surface area contributed by atoms with E-state index in [-0.39, 0.29) is 5.91 Å². The van der Waals surface area contributed by atoms with E-state index in [0.717, 1.165) is 24.4 Å². The first-order valence-corrected chi connectivity index (χ1v) is 6.37. The first-order chi connectivity index (χ1) is 8.29. The van der Waals surface area contributed by atoms with Crippen molar-refractivity contribution < 1.29 is 4.79 Å². The van der Waals surface area contributed by atoms with Gasteiger partial charge in [-0.3, -0.25) is 4.79 Å². The SMILES string of the molecule is NCc1cccc(C(=O)NCCC2CCC2)c1. The van der Waals surface area contributed by atoms with Gasteiger partial charge in [0.05, 0.1) is 0 Å². The lowest BCUT2D eigenvalue weighted by atomic mass is 9.83. The van der Waals surface area contributed by atoms with Crippen molar-refractivity contribution in [2.24, 2.45) is 11.7 Å². The minimum atomic E-state index is 0.0135. The van der Waals surface area contributed by atoms with Crippen LogP contribution in [0.3, 0.4) is 0 Å². The number of carbonyl (C=O) groups excluding carboxylic acids is 1. The van der Waals surface area contributed by atoms with Crippen molar-refractivity contribution in [3.63, 3.8) is 0 Å². The van der Waals surface area contributed by atoms with E-state index < -0.39 is 0 Å². The van der Waals surface area contributed by atoms with Gasteiger partial charge in [-0.25, -0.2) is 0 Å². The van der Waals surface area contributed by atoms with Crippen molar-refractivity contribution in [1.82, 2.24) is 5.32 Å². The largest absolute Gasteiger partial charge is 0.352 e. The smallest absolute Gasteiger partial charge is 0.251 e. The third kappa shape index (κ3) is 3.30. The van der Waals surface area contributed by atoms with Crippen LogP contribution in [-0.2, 0) is 6.54 Å². The van der Waals surface area contributed by atoms with Crippen molar-refractivity contribution in [2.45, 2.75) is 32.2 Å². The Morgan fingerprint density at radius 1 is 1.41 bits per heavy atom. The van der Waals surface area contributed by atoms with E-state index >= 15 is 0 Å². The summed E-state index contributed by atoms with van der Waals surface area (Å²) in [7, 11) is 0. The Bertz CT molecular complexity index is 386. The number of carbonyl (C=O) groups is 1. The molecule has 0 heterocycles.